The Morgan fingerprint density at radius 2 is 1.89 bits per heavy atom. The summed E-state index contributed by atoms with van der Waals surface area (Å²) in [5.41, 5.74) is 7.94. The molecule has 0 spiro atoms. The Labute approximate surface area is 112 Å². The summed E-state index contributed by atoms with van der Waals surface area (Å²) < 4.78 is 0. The molecule has 0 fully saturated rings. The first-order chi connectivity index (χ1) is 8.67. The van der Waals surface area contributed by atoms with Gasteiger partial charge >= 0.3 is 0 Å². The molecule has 0 saturated heterocycles. The summed E-state index contributed by atoms with van der Waals surface area (Å²) in [6.07, 6.45) is 2.66. The molecule has 0 aliphatic carbocycles. The first-order valence-electron chi connectivity index (χ1n) is 6.04. The van der Waals surface area contributed by atoms with Crippen molar-refractivity contribution in [1.29, 1.82) is 0 Å². The van der Waals surface area contributed by atoms with Crippen molar-refractivity contribution in [2.24, 2.45) is 0 Å². The average molecular weight is 262 g/mol. The lowest BCUT2D eigenvalue weighted by molar-refractivity contribution is 0.844. The van der Waals surface area contributed by atoms with Gasteiger partial charge in [0.05, 0.1) is 0 Å². The number of halogens is 1. The smallest absolute Gasteiger partial charge is 0.135 e. The molecule has 2 aromatic rings. The first-order valence-corrected chi connectivity index (χ1v) is 6.42. The summed E-state index contributed by atoms with van der Waals surface area (Å²) >= 11 is 5.86. The Kier molecular flexibility index (Phi) is 4.15. The maximum Gasteiger partial charge on any atom is 0.135 e. The maximum atomic E-state index is 5.86. The number of anilines is 1. The third-order valence-electron chi connectivity index (χ3n) is 2.63. The highest BCUT2D eigenvalue weighted by Gasteiger charge is 2.04. The zero-order valence-electron chi connectivity index (χ0n) is 10.4. The Bertz CT molecular complexity index is 523. The molecular formula is C14H16ClN3. The molecule has 0 bridgehead atoms. The van der Waals surface area contributed by atoms with E-state index in [0.29, 0.717) is 12.2 Å². The molecule has 3 nitrogen and oxygen atoms in total. The van der Waals surface area contributed by atoms with Crippen molar-refractivity contribution < 1.29 is 0 Å². The van der Waals surface area contributed by atoms with E-state index in [1.807, 2.05) is 30.3 Å². The van der Waals surface area contributed by atoms with Crippen molar-refractivity contribution in [2.45, 2.75) is 26.2 Å². The van der Waals surface area contributed by atoms with Gasteiger partial charge in [-0.25, -0.2) is 9.97 Å². The van der Waals surface area contributed by atoms with Gasteiger partial charge in [-0.05, 0) is 24.1 Å². The SMILES string of the molecule is CCCc1cc(N)nc(Cc2ccc(Cl)cc2)n1. The first kappa shape index (κ1) is 12.8. The molecule has 0 aliphatic heterocycles. The number of nitrogen functional groups attached to an aromatic ring is 1. The van der Waals surface area contributed by atoms with Crippen LogP contribution in [-0.2, 0) is 12.8 Å². The molecule has 94 valence electrons. The van der Waals surface area contributed by atoms with Crippen molar-refractivity contribution >= 4 is 17.4 Å². The second-order valence-corrected chi connectivity index (χ2v) is 4.69. The molecule has 0 amide bonds. The maximum absolute atomic E-state index is 5.86. The number of nitrogens with zero attached hydrogens (tertiary/aromatic N) is 2. The van der Waals surface area contributed by atoms with Crippen LogP contribution in [0.15, 0.2) is 30.3 Å². The van der Waals surface area contributed by atoms with Crippen molar-refractivity contribution in [3.8, 4) is 0 Å². The predicted octanol–water partition coefficient (Wildman–Crippen LogP) is 3.26. The minimum Gasteiger partial charge on any atom is -0.384 e. The van der Waals surface area contributed by atoms with Crippen LogP contribution in [0.2, 0.25) is 5.02 Å². The number of benzene rings is 1. The van der Waals surface area contributed by atoms with Crippen LogP contribution >= 0.6 is 11.6 Å². The third-order valence-corrected chi connectivity index (χ3v) is 2.88. The van der Waals surface area contributed by atoms with Crippen LogP contribution in [0.1, 0.15) is 30.4 Å². The number of aryl methyl sites for hydroxylation is 1. The van der Waals surface area contributed by atoms with Gasteiger partial charge in [0.1, 0.15) is 11.6 Å². The second kappa shape index (κ2) is 5.83. The summed E-state index contributed by atoms with van der Waals surface area (Å²) in [6, 6.07) is 9.55. The van der Waals surface area contributed by atoms with Gasteiger partial charge in [-0.15, -0.1) is 0 Å². The molecule has 1 aromatic heterocycles. The summed E-state index contributed by atoms with van der Waals surface area (Å²) in [7, 11) is 0. The van der Waals surface area contributed by atoms with E-state index in [9.17, 15) is 0 Å². The van der Waals surface area contributed by atoms with E-state index in [1.54, 1.807) is 0 Å². The molecule has 18 heavy (non-hydrogen) atoms. The molecule has 0 radical (unpaired) electrons. The van der Waals surface area contributed by atoms with Crippen LogP contribution in [-0.4, -0.2) is 9.97 Å². The van der Waals surface area contributed by atoms with Gasteiger partial charge in [-0.3, -0.25) is 0 Å². The minimum absolute atomic E-state index is 0.539. The van der Waals surface area contributed by atoms with E-state index >= 15 is 0 Å². The van der Waals surface area contributed by atoms with Crippen molar-refractivity contribution in [1.82, 2.24) is 9.97 Å². The number of hydrogen-bond acceptors (Lipinski definition) is 3. The van der Waals surface area contributed by atoms with Crippen LogP contribution in [0, 0.1) is 0 Å². The predicted molar refractivity (Wildman–Crippen MR) is 74.7 cm³/mol. The lowest BCUT2D eigenvalue weighted by Crippen LogP contribution is -2.04. The van der Waals surface area contributed by atoms with E-state index < -0.39 is 0 Å². The Morgan fingerprint density at radius 1 is 1.17 bits per heavy atom. The third kappa shape index (κ3) is 3.44. The molecule has 0 saturated carbocycles. The number of aromatic nitrogens is 2. The highest BCUT2D eigenvalue weighted by molar-refractivity contribution is 6.30. The summed E-state index contributed by atoms with van der Waals surface area (Å²) in [4.78, 5) is 8.78. The van der Waals surface area contributed by atoms with Gasteiger partial charge in [0.15, 0.2) is 0 Å². The van der Waals surface area contributed by atoms with Crippen LogP contribution in [0.4, 0.5) is 5.82 Å². The highest BCUT2D eigenvalue weighted by atomic mass is 35.5. The molecule has 4 heteroatoms. The number of nitrogens with two attached hydrogens (primary N) is 1. The largest absolute Gasteiger partial charge is 0.384 e. The van der Waals surface area contributed by atoms with Gasteiger partial charge in [0.25, 0.3) is 0 Å². The lowest BCUT2D eigenvalue weighted by atomic mass is 10.1. The summed E-state index contributed by atoms with van der Waals surface area (Å²) in [5.74, 6) is 1.30. The quantitative estimate of drug-likeness (QED) is 0.919. The van der Waals surface area contributed by atoms with Crippen LogP contribution < -0.4 is 5.73 Å². The van der Waals surface area contributed by atoms with Crippen LogP contribution in [0.5, 0.6) is 0 Å². The Morgan fingerprint density at radius 3 is 2.56 bits per heavy atom. The van der Waals surface area contributed by atoms with Crippen molar-refractivity contribution in [2.75, 3.05) is 5.73 Å². The van der Waals surface area contributed by atoms with Crippen LogP contribution in [0.3, 0.4) is 0 Å². The molecular weight excluding hydrogens is 246 g/mol. The van der Waals surface area contributed by atoms with Crippen molar-refractivity contribution in [3.05, 3.63) is 52.4 Å². The number of rotatable bonds is 4. The molecule has 0 aliphatic rings. The van der Waals surface area contributed by atoms with Crippen LogP contribution in [0.25, 0.3) is 0 Å². The van der Waals surface area contributed by atoms with Gasteiger partial charge < -0.3 is 5.73 Å². The molecule has 2 rings (SSSR count). The topological polar surface area (TPSA) is 51.8 Å². The normalized spacial score (nSPS) is 10.6. The van der Waals surface area contributed by atoms with E-state index in [1.165, 1.54) is 0 Å². The van der Waals surface area contributed by atoms with E-state index in [4.69, 9.17) is 17.3 Å². The fourth-order valence-corrected chi connectivity index (χ4v) is 1.95. The standard InChI is InChI=1S/C14H16ClN3/c1-2-3-12-9-13(16)18-14(17-12)8-10-4-6-11(15)7-5-10/h4-7,9H,2-3,8H2,1H3,(H2,16,17,18). The lowest BCUT2D eigenvalue weighted by Gasteiger charge is -2.05. The fourth-order valence-electron chi connectivity index (χ4n) is 1.82. The van der Waals surface area contributed by atoms with Crippen molar-refractivity contribution in [3.63, 3.8) is 0 Å². The molecule has 1 aromatic carbocycles. The highest BCUT2D eigenvalue weighted by Crippen LogP contribution is 2.13. The summed E-state index contributed by atoms with van der Waals surface area (Å²) in [5, 5.41) is 0.735. The van der Waals surface area contributed by atoms with Gasteiger partial charge in [0, 0.05) is 23.2 Å². The van der Waals surface area contributed by atoms with E-state index in [2.05, 4.69) is 16.9 Å². The van der Waals surface area contributed by atoms with E-state index in [-0.39, 0.29) is 0 Å². The zero-order chi connectivity index (χ0) is 13.0. The zero-order valence-corrected chi connectivity index (χ0v) is 11.1. The molecule has 0 atom stereocenters. The second-order valence-electron chi connectivity index (χ2n) is 4.25. The van der Waals surface area contributed by atoms with Gasteiger partial charge in [-0.1, -0.05) is 37.1 Å². The summed E-state index contributed by atoms with van der Waals surface area (Å²) in [6.45, 7) is 2.12. The Balaban J connectivity index is 2.20. The molecule has 2 N–H and O–H groups in total. The Hall–Kier alpha value is -1.61. The minimum atomic E-state index is 0.539. The fraction of sp³-hybridized carbons (Fsp3) is 0.286. The van der Waals surface area contributed by atoms with E-state index in [0.717, 1.165) is 34.9 Å². The average Bonchev–Trinajstić information content (AvgIpc) is 2.32. The monoisotopic (exact) mass is 261 g/mol. The molecule has 1 heterocycles. The van der Waals surface area contributed by atoms with Gasteiger partial charge in [-0.2, -0.15) is 0 Å². The molecule has 0 unspecified atom stereocenters. The van der Waals surface area contributed by atoms with Gasteiger partial charge in [0.2, 0.25) is 0 Å². The number of hydrogen-bond donors (Lipinski definition) is 1.